The van der Waals surface area contributed by atoms with E-state index in [1.807, 2.05) is 0 Å². The second-order valence-corrected chi connectivity index (χ2v) is 10.5. The number of rotatable bonds is 0. The fraction of sp³-hybridized carbons (Fsp3) is 0.407. The molecule has 0 radical (unpaired) electrons. The van der Waals surface area contributed by atoms with E-state index in [4.69, 9.17) is 0 Å². The van der Waals surface area contributed by atoms with Crippen molar-refractivity contribution in [3.63, 3.8) is 0 Å². The van der Waals surface area contributed by atoms with Crippen LogP contribution in [0.25, 0.3) is 11.1 Å². The Morgan fingerprint density at radius 3 is 1.26 bits per heavy atom. The fourth-order valence-electron chi connectivity index (χ4n) is 8.66. The summed E-state index contributed by atoms with van der Waals surface area (Å²) in [7, 11) is 0. The van der Waals surface area contributed by atoms with Crippen LogP contribution >= 0.6 is 0 Å². The number of allylic oxidation sites excluding steroid dienone is 4. The quantitative estimate of drug-likeness (QED) is 0.436. The van der Waals surface area contributed by atoms with Gasteiger partial charge in [0.05, 0.1) is 0 Å². The minimum Gasteiger partial charge on any atom is -0.0845 e. The topological polar surface area (TPSA) is 0 Å². The van der Waals surface area contributed by atoms with Gasteiger partial charge in [0.2, 0.25) is 0 Å². The van der Waals surface area contributed by atoms with Crippen molar-refractivity contribution < 1.29 is 0 Å². The summed E-state index contributed by atoms with van der Waals surface area (Å²) in [6.07, 6.45) is 14.1. The Labute approximate surface area is 160 Å². The van der Waals surface area contributed by atoms with Crippen LogP contribution in [-0.2, 0) is 6.42 Å². The Balaban J connectivity index is 1.20. The van der Waals surface area contributed by atoms with Crippen LogP contribution in [0.4, 0.5) is 0 Å². The monoisotopic (exact) mass is 346 g/mol. The van der Waals surface area contributed by atoms with Crippen molar-refractivity contribution in [2.45, 2.75) is 42.9 Å². The fourth-order valence-corrected chi connectivity index (χ4v) is 8.66. The molecule has 2 aromatic rings. The second-order valence-electron chi connectivity index (χ2n) is 10.5. The molecule has 0 amide bonds. The molecule has 7 aliphatic rings. The van der Waals surface area contributed by atoms with Crippen LogP contribution < -0.4 is 0 Å². The van der Waals surface area contributed by atoms with Crippen LogP contribution in [0.3, 0.4) is 0 Å². The van der Waals surface area contributed by atoms with Gasteiger partial charge in [0.25, 0.3) is 0 Å². The van der Waals surface area contributed by atoms with Crippen molar-refractivity contribution in [3.05, 3.63) is 82.0 Å². The van der Waals surface area contributed by atoms with E-state index < -0.39 is 0 Å². The highest BCUT2D eigenvalue weighted by Gasteiger charge is 2.55. The standard InChI is InChI=1S/C27H22/c1-3-14-5-12(1)24-20-8-16-7-17-9-21-23(27-15-4-2-13(6-15)25(21)27)11-19(17)18(16)10-22(20)26(14)24/h1-4,8-15,24-27H,5-7H2. The first-order chi connectivity index (χ1) is 13.3. The molecular formula is C27H22. The van der Waals surface area contributed by atoms with Crippen molar-refractivity contribution in [3.8, 4) is 11.1 Å². The summed E-state index contributed by atoms with van der Waals surface area (Å²) < 4.78 is 0. The molecule has 2 aromatic carbocycles. The molecule has 9 rings (SSSR count). The van der Waals surface area contributed by atoms with E-state index in [1.165, 1.54) is 19.3 Å². The van der Waals surface area contributed by atoms with Crippen molar-refractivity contribution in [2.75, 3.05) is 0 Å². The van der Waals surface area contributed by atoms with Gasteiger partial charge in [-0.15, -0.1) is 0 Å². The highest BCUT2D eigenvalue weighted by atomic mass is 14.6. The van der Waals surface area contributed by atoms with Gasteiger partial charge >= 0.3 is 0 Å². The molecule has 8 atom stereocenters. The third kappa shape index (κ3) is 1.25. The lowest BCUT2D eigenvalue weighted by Gasteiger charge is -2.42. The van der Waals surface area contributed by atoms with Crippen LogP contribution in [0.1, 0.15) is 69.9 Å². The highest BCUT2D eigenvalue weighted by molar-refractivity contribution is 5.81. The molecule has 0 nitrogen and oxygen atoms in total. The molecule has 2 fully saturated rings. The first kappa shape index (κ1) is 13.2. The van der Waals surface area contributed by atoms with Crippen molar-refractivity contribution >= 4 is 0 Å². The van der Waals surface area contributed by atoms with Crippen LogP contribution in [-0.4, -0.2) is 0 Å². The van der Waals surface area contributed by atoms with E-state index in [0.29, 0.717) is 0 Å². The molecule has 0 saturated heterocycles. The van der Waals surface area contributed by atoms with E-state index in [1.54, 1.807) is 44.5 Å². The molecule has 7 aliphatic carbocycles. The molecule has 2 saturated carbocycles. The summed E-state index contributed by atoms with van der Waals surface area (Å²) in [6, 6.07) is 10.5. The Kier molecular flexibility index (Phi) is 1.89. The van der Waals surface area contributed by atoms with Crippen LogP contribution in [0.15, 0.2) is 48.6 Å². The smallest absolute Gasteiger partial charge is 0.00132 e. The summed E-state index contributed by atoms with van der Waals surface area (Å²) in [6.45, 7) is 0. The van der Waals surface area contributed by atoms with Gasteiger partial charge in [-0.2, -0.15) is 0 Å². The highest BCUT2D eigenvalue weighted by Crippen LogP contribution is 2.68. The van der Waals surface area contributed by atoms with E-state index in [0.717, 1.165) is 47.3 Å². The zero-order chi connectivity index (χ0) is 17.0. The maximum absolute atomic E-state index is 2.62. The molecule has 4 bridgehead atoms. The van der Waals surface area contributed by atoms with Crippen molar-refractivity contribution in [1.29, 1.82) is 0 Å². The molecule has 0 aliphatic heterocycles. The molecular weight excluding hydrogens is 324 g/mol. The number of hydrogen-bond donors (Lipinski definition) is 0. The van der Waals surface area contributed by atoms with E-state index in [2.05, 4.69) is 48.6 Å². The molecule has 0 aromatic heterocycles. The normalized spacial score (nSPS) is 43.6. The Hall–Kier alpha value is -2.08. The van der Waals surface area contributed by atoms with E-state index >= 15 is 0 Å². The second kappa shape index (κ2) is 3.88. The Bertz CT molecular complexity index is 1070. The lowest BCUT2D eigenvalue weighted by Crippen LogP contribution is -2.28. The Morgan fingerprint density at radius 2 is 0.852 bits per heavy atom. The predicted molar refractivity (Wildman–Crippen MR) is 107 cm³/mol. The van der Waals surface area contributed by atoms with Crippen LogP contribution in [0.2, 0.25) is 0 Å². The lowest BCUT2D eigenvalue weighted by molar-refractivity contribution is 0.443. The first-order valence-electron chi connectivity index (χ1n) is 11.1. The maximum Gasteiger partial charge on any atom is -0.00132 e. The largest absolute Gasteiger partial charge is 0.0845 e. The van der Waals surface area contributed by atoms with Crippen molar-refractivity contribution in [2.24, 2.45) is 23.7 Å². The third-order valence-corrected chi connectivity index (χ3v) is 9.64. The summed E-state index contributed by atoms with van der Waals surface area (Å²) >= 11 is 0. The van der Waals surface area contributed by atoms with Gasteiger partial charge in [0, 0.05) is 0 Å². The molecule has 0 heterocycles. The van der Waals surface area contributed by atoms with Gasteiger partial charge in [-0.1, -0.05) is 48.6 Å². The van der Waals surface area contributed by atoms with Gasteiger partial charge in [0.1, 0.15) is 0 Å². The summed E-state index contributed by atoms with van der Waals surface area (Å²) in [4.78, 5) is 0. The molecule has 0 spiro atoms. The third-order valence-electron chi connectivity index (χ3n) is 9.64. The molecule has 130 valence electrons. The molecule has 8 unspecified atom stereocenters. The molecule has 0 heteroatoms. The number of benzene rings is 2. The van der Waals surface area contributed by atoms with Gasteiger partial charge < -0.3 is 0 Å². The zero-order valence-corrected chi connectivity index (χ0v) is 15.4. The van der Waals surface area contributed by atoms with Crippen molar-refractivity contribution in [1.82, 2.24) is 0 Å². The van der Waals surface area contributed by atoms with E-state index in [9.17, 15) is 0 Å². The van der Waals surface area contributed by atoms with Gasteiger partial charge in [-0.05, 0) is 111 Å². The first-order valence-corrected chi connectivity index (χ1v) is 11.1. The summed E-state index contributed by atoms with van der Waals surface area (Å²) in [5, 5.41) is 0. The van der Waals surface area contributed by atoms with Gasteiger partial charge in [-0.25, -0.2) is 0 Å². The average Bonchev–Trinajstić information content (AvgIpc) is 3.44. The van der Waals surface area contributed by atoms with Crippen LogP contribution in [0, 0.1) is 23.7 Å². The SMILES string of the molecule is C1=CC2CC1C1c3cc4c(cc3C21)-c1cc2c(cc1C4)C1C3C=CC(C3)C21. The summed E-state index contributed by atoms with van der Waals surface area (Å²) in [5.41, 5.74) is 13.2. The Morgan fingerprint density at radius 1 is 0.481 bits per heavy atom. The summed E-state index contributed by atoms with van der Waals surface area (Å²) in [5.74, 6) is 6.76. The maximum atomic E-state index is 2.62. The van der Waals surface area contributed by atoms with Crippen LogP contribution in [0.5, 0.6) is 0 Å². The van der Waals surface area contributed by atoms with E-state index in [-0.39, 0.29) is 0 Å². The molecule has 0 N–H and O–H groups in total. The average molecular weight is 346 g/mol. The number of hydrogen-bond acceptors (Lipinski definition) is 0. The van der Waals surface area contributed by atoms with Gasteiger partial charge in [-0.3, -0.25) is 0 Å². The predicted octanol–water partition coefficient (Wildman–Crippen LogP) is 6.03. The zero-order valence-electron chi connectivity index (χ0n) is 15.4. The number of fused-ring (bicyclic) bond motifs is 19. The minimum atomic E-state index is 0.838. The van der Waals surface area contributed by atoms with Gasteiger partial charge in [0.15, 0.2) is 0 Å². The molecule has 27 heavy (non-hydrogen) atoms. The lowest BCUT2D eigenvalue weighted by atomic mass is 9.62. The minimum absolute atomic E-state index is 0.838.